The second-order valence-corrected chi connectivity index (χ2v) is 4.37. The van der Waals surface area contributed by atoms with Gasteiger partial charge in [-0.3, -0.25) is 0 Å². The molecule has 92 valence electrons. The van der Waals surface area contributed by atoms with Gasteiger partial charge in [-0.15, -0.1) is 0 Å². The van der Waals surface area contributed by atoms with Crippen LogP contribution in [0.15, 0.2) is 30.3 Å². The molecule has 1 fully saturated rings. The van der Waals surface area contributed by atoms with E-state index in [4.69, 9.17) is 0 Å². The smallest absolute Gasteiger partial charge is 0.321 e. The molecule has 2 rings (SSSR count). The Morgan fingerprint density at radius 2 is 2.12 bits per heavy atom. The van der Waals surface area contributed by atoms with E-state index in [1.54, 1.807) is 0 Å². The maximum atomic E-state index is 12.0. The highest BCUT2D eigenvalue weighted by Gasteiger charge is 2.22. The van der Waals surface area contributed by atoms with Crippen molar-refractivity contribution in [3.8, 4) is 0 Å². The lowest BCUT2D eigenvalue weighted by atomic mass is 10.1. The van der Waals surface area contributed by atoms with Gasteiger partial charge in [-0.2, -0.15) is 0 Å². The minimum absolute atomic E-state index is 0.00356. The Morgan fingerprint density at radius 1 is 1.35 bits per heavy atom. The summed E-state index contributed by atoms with van der Waals surface area (Å²) in [7, 11) is 1.95. The molecule has 1 heterocycles. The highest BCUT2D eigenvalue weighted by molar-refractivity contribution is 5.89. The SMILES string of the molecule is CN[C@H]1CCCN(C(=O)Nc2ccccc2)C1. The molecule has 2 amide bonds. The molecule has 1 aliphatic heterocycles. The Hall–Kier alpha value is -1.55. The average molecular weight is 233 g/mol. The number of likely N-dealkylation sites (tertiary alicyclic amines) is 1. The second-order valence-electron chi connectivity index (χ2n) is 4.37. The zero-order valence-corrected chi connectivity index (χ0v) is 10.1. The van der Waals surface area contributed by atoms with Crippen LogP contribution >= 0.6 is 0 Å². The van der Waals surface area contributed by atoms with Crippen molar-refractivity contribution >= 4 is 11.7 Å². The van der Waals surface area contributed by atoms with Crippen LogP contribution in [-0.4, -0.2) is 37.1 Å². The molecule has 0 unspecified atom stereocenters. The first-order valence-corrected chi connectivity index (χ1v) is 6.08. The highest BCUT2D eigenvalue weighted by atomic mass is 16.2. The number of benzene rings is 1. The summed E-state index contributed by atoms with van der Waals surface area (Å²) in [5.74, 6) is 0. The normalized spacial score (nSPS) is 20.1. The minimum Gasteiger partial charge on any atom is -0.323 e. The van der Waals surface area contributed by atoms with Crippen LogP contribution in [0.4, 0.5) is 10.5 Å². The minimum atomic E-state index is -0.00356. The average Bonchev–Trinajstić information content (AvgIpc) is 2.40. The Labute approximate surface area is 102 Å². The predicted octanol–water partition coefficient (Wildman–Crippen LogP) is 1.90. The first-order chi connectivity index (χ1) is 8.29. The van der Waals surface area contributed by atoms with Gasteiger partial charge in [0, 0.05) is 24.8 Å². The van der Waals surface area contributed by atoms with Crippen LogP contribution in [0.1, 0.15) is 12.8 Å². The molecule has 1 atom stereocenters. The third kappa shape index (κ3) is 3.20. The summed E-state index contributed by atoms with van der Waals surface area (Å²) in [6.45, 7) is 1.63. The molecule has 17 heavy (non-hydrogen) atoms. The summed E-state index contributed by atoms with van der Waals surface area (Å²) >= 11 is 0. The molecule has 0 bridgehead atoms. The van der Waals surface area contributed by atoms with E-state index in [0.29, 0.717) is 6.04 Å². The van der Waals surface area contributed by atoms with Crippen molar-refractivity contribution in [3.05, 3.63) is 30.3 Å². The summed E-state index contributed by atoms with van der Waals surface area (Å²) in [6, 6.07) is 9.99. The predicted molar refractivity (Wildman–Crippen MR) is 69.1 cm³/mol. The molecule has 0 spiro atoms. The van der Waals surface area contributed by atoms with Gasteiger partial charge in [0.25, 0.3) is 0 Å². The number of likely N-dealkylation sites (N-methyl/N-ethyl adjacent to an activating group) is 1. The van der Waals surface area contributed by atoms with E-state index < -0.39 is 0 Å². The maximum absolute atomic E-state index is 12.0. The van der Waals surface area contributed by atoms with E-state index in [-0.39, 0.29) is 6.03 Å². The van der Waals surface area contributed by atoms with Crippen molar-refractivity contribution in [1.29, 1.82) is 0 Å². The lowest BCUT2D eigenvalue weighted by molar-refractivity contribution is 0.187. The maximum Gasteiger partial charge on any atom is 0.321 e. The highest BCUT2D eigenvalue weighted by Crippen LogP contribution is 2.12. The number of nitrogens with one attached hydrogen (secondary N) is 2. The zero-order chi connectivity index (χ0) is 12.1. The third-order valence-corrected chi connectivity index (χ3v) is 3.14. The fraction of sp³-hybridized carbons (Fsp3) is 0.462. The van der Waals surface area contributed by atoms with Gasteiger partial charge >= 0.3 is 6.03 Å². The van der Waals surface area contributed by atoms with E-state index in [0.717, 1.165) is 31.6 Å². The van der Waals surface area contributed by atoms with Crippen LogP contribution in [0.2, 0.25) is 0 Å². The zero-order valence-electron chi connectivity index (χ0n) is 10.1. The summed E-state index contributed by atoms with van der Waals surface area (Å²) in [5.41, 5.74) is 0.851. The standard InChI is InChI=1S/C13H19N3O/c1-14-12-8-5-9-16(10-12)13(17)15-11-6-3-2-4-7-11/h2-4,6-7,12,14H,5,8-10H2,1H3,(H,15,17)/t12-/m0/s1. The van der Waals surface area contributed by atoms with E-state index in [9.17, 15) is 4.79 Å². The molecule has 1 aliphatic rings. The monoisotopic (exact) mass is 233 g/mol. The first-order valence-electron chi connectivity index (χ1n) is 6.08. The van der Waals surface area contributed by atoms with Gasteiger partial charge in [0.2, 0.25) is 0 Å². The fourth-order valence-corrected chi connectivity index (χ4v) is 2.12. The number of anilines is 1. The van der Waals surface area contributed by atoms with Crippen LogP contribution in [-0.2, 0) is 0 Å². The number of amides is 2. The Kier molecular flexibility index (Phi) is 3.98. The quantitative estimate of drug-likeness (QED) is 0.819. The molecule has 1 aromatic rings. The molecule has 4 heteroatoms. The summed E-state index contributed by atoms with van der Waals surface area (Å²) in [4.78, 5) is 13.9. The number of urea groups is 1. The van der Waals surface area contributed by atoms with Gasteiger partial charge < -0.3 is 15.5 Å². The third-order valence-electron chi connectivity index (χ3n) is 3.14. The number of nitrogens with zero attached hydrogens (tertiary/aromatic N) is 1. The summed E-state index contributed by atoms with van der Waals surface area (Å²) in [6.07, 6.45) is 2.21. The molecule has 0 saturated carbocycles. The number of rotatable bonds is 2. The van der Waals surface area contributed by atoms with Gasteiger partial charge in [0.05, 0.1) is 0 Å². The van der Waals surface area contributed by atoms with E-state index in [2.05, 4.69) is 10.6 Å². The van der Waals surface area contributed by atoms with E-state index >= 15 is 0 Å². The van der Waals surface area contributed by atoms with Crippen molar-refractivity contribution in [1.82, 2.24) is 10.2 Å². The molecular weight excluding hydrogens is 214 g/mol. The first kappa shape index (κ1) is 11.9. The van der Waals surface area contributed by atoms with Crippen LogP contribution in [0.3, 0.4) is 0 Å². The van der Waals surface area contributed by atoms with Gasteiger partial charge in [0.15, 0.2) is 0 Å². The van der Waals surface area contributed by atoms with Crippen LogP contribution in [0.25, 0.3) is 0 Å². The molecule has 0 aliphatic carbocycles. The van der Waals surface area contributed by atoms with Crippen molar-refractivity contribution < 1.29 is 4.79 Å². The van der Waals surface area contributed by atoms with Crippen LogP contribution in [0.5, 0.6) is 0 Å². The van der Waals surface area contributed by atoms with Crippen molar-refractivity contribution in [2.24, 2.45) is 0 Å². The molecule has 0 aromatic heterocycles. The van der Waals surface area contributed by atoms with Gasteiger partial charge in [0.1, 0.15) is 0 Å². The molecular formula is C13H19N3O. The van der Waals surface area contributed by atoms with Gasteiger partial charge in [-0.05, 0) is 32.0 Å². The molecule has 0 radical (unpaired) electrons. The lowest BCUT2D eigenvalue weighted by Crippen LogP contribution is -2.48. The fourth-order valence-electron chi connectivity index (χ4n) is 2.12. The summed E-state index contributed by atoms with van der Waals surface area (Å²) < 4.78 is 0. The number of hydrogen-bond acceptors (Lipinski definition) is 2. The molecule has 2 N–H and O–H groups in total. The Bertz CT molecular complexity index is 366. The van der Waals surface area contributed by atoms with Crippen LogP contribution in [0, 0.1) is 0 Å². The summed E-state index contributed by atoms with van der Waals surface area (Å²) in [5, 5.41) is 6.15. The van der Waals surface area contributed by atoms with Gasteiger partial charge in [-0.1, -0.05) is 18.2 Å². The van der Waals surface area contributed by atoms with E-state index in [1.807, 2.05) is 42.3 Å². The Balaban J connectivity index is 1.91. The largest absolute Gasteiger partial charge is 0.323 e. The van der Waals surface area contributed by atoms with Crippen molar-refractivity contribution in [3.63, 3.8) is 0 Å². The molecule has 4 nitrogen and oxygen atoms in total. The van der Waals surface area contributed by atoms with E-state index in [1.165, 1.54) is 0 Å². The van der Waals surface area contributed by atoms with Crippen molar-refractivity contribution in [2.75, 3.05) is 25.5 Å². The number of piperidine rings is 1. The van der Waals surface area contributed by atoms with Crippen LogP contribution < -0.4 is 10.6 Å². The Morgan fingerprint density at radius 3 is 2.82 bits per heavy atom. The number of hydrogen-bond donors (Lipinski definition) is 2. The topological polar surface area (TPSA) is 44.4 Å². The molecule has 1 aromatic carbocycles. The van der Waals surface area contributed by atoms with Gasteiger partial charge in [-0.25, -0.2) is 4.79 Å². The number of carbonyl (C=O) groups is 1. The molecule has 1 saturated heterocycles. The lowest BCUT2D eigenvalue weighted by Gasteiger charge is -2.32. The number of para-hydroxylation sites is 1. The number of carbonyl (C=O) groups excluding carboxylic acids is 1. The van der Waals surface area contributed by atoms with Crippen molar-refractivity contribution in [2.45, 2.75) is 18.9 Å². The second kappa shape index (κ2) is 5.68.